The number of nitrogens with one attached hydrogen (secondary N) is 2. The third-order valence-corrected chi connectivity index (χ3v) is 3.29. The Hall–Kier alpha value is -2.69. The first-order valence-electron chi connectivity index (χ1n) is 8.78. The second kappa shape index (κ2) is 15.3. The Balaban J connectivity index is 4.08. The summed E-state index contributed by atoms with van der Waals surface area (Å²) in [5.41, 5.74) is 0.511. The smallest absolute Gasteiger partial charge is 0.407 e. The molecule has 1 unspecified atom stereocenters. The van der Waals surface area contributed by atoms with Crippen LogP contribution in [0.5, 0.6) is 0 Å². The van der Waals surface area contributed by atoms with Gasteiger partial charge in [-0.2, -0.15) is 12.6 Å². The first-order valence-corrected chi connectivity index (χ1v) is 9.41. The molecular formula is C18H28N2O8S. The van der Waals surface area contributed by atoms with Crippen molar-refractivity contribution in [3.05, 3.63) is 24.3 Å². The van der Waals surface area contributed by atoms with E-state index in [1.165, 1.54) is 13.8 Å². The number of amides is 2. The van der Waals surface area contributed by atoms with Gasteiger partial charge in [-0.25, -0.2) is 19.2 Å². The molecule has 0 fully saturated rings. The number of alkyl carbamates (subject to hydrolysis) is 2. The minimum Gasteiger partial charge on any atom is -0.460 e. The van der Waals surface area contributed by atoms with Crippen molar-refractivity contribution in [3.63, 3.8) is 0 Å². The van der Waals surface area contributed by atoms with Gasteiger partial charge in [0, 0.05) is 11.1 Å². The average molecular weight is 432 g/mol. The standard InChI is InChI=1S/C18H28N2O8S/c1-12(2)15(21)25-8-6-19-17(23)27-11-14(5-10-29)28-18(24)20-7-9-26-16(22)13(3)4/h14,29H,1,3,5-11H2,2,4H3,(H,19,23)(H,20,24). The highest BCUT2D eigenvalue weighted by atomic mass is 32.1. The summed E-state index contributed by atoms with van der Waals surface area (Å²) in [6.45, 7) is 9.74. The van der Waals surface area contributed by atoms with Crippen LogP contribution in [-0.4, -0.2) is 68.9 Å². The Morgan fingerprint density at radius 2 is 1.34 bits per heavy atom. The maximum atomic E-state index is 11.8. The highest BCUT2D eigenvalue weighted by Crippen LogP contribution is 2.02. The van der Waals surface area contributed by atoms with Crippen LogP contribution >= 0.6 is 12.6 Å². The van der Waals surface area contributed by atoms with Gasteiger partial charge in [-0.05, 0) is 26.0 Å². The minimum atomic E-state index is -0.753. The quantitative estimate of drug-likeness (QED) is 0.131. The fourth-order valence-corrected chi connectivity index (χ4v) is 1.86. The van der Waals surface area contributed by atoms with E-state index >= 15 is 0 Å². The summed E-state index contributed by atoms with van der Waals surface area (Å²) in [6.07, 6.45) is -1.86. The van der Waals surface area contributed by atoms with Crippen LogP contribution in [0.1, 0.15) is 20.3 Å². The second-order valence-corrected chi connectivity index (χ2v) is 6.27. The molecule has 164 valence electrons. The number of hydrogen-bond acceptors (Lipinski definition) is 9. The summed E-state index contributed by atoms with van der Waals surface area (Å²) in [5, 5.41) is 4.80. The molecule has 0 aromatic carbocycles. The molecule has 0 bridgehead atoms. The van der Waals surface area contributed by atoms with Crippen molar-refractivity contribution in [2.75, 3.05) is 38.7 Å². The van der Waals surface area contributed by atoms with Gasteiger partial charge in [0.25, 0.3) is 0 Å². The fraction of sp³-hybridized carbons (Fsp3) is 0.556. The molecule has 0 radical (unpaired) electrons. The van der Waals surface area contributed by atoms with Crippen LogP contribution in [0.2, 0.25) is 0 Å². The number of esters is 2. The van der Waals surface area contributed by atoms with E-state index < -0.39 is 30.2 Å². The summed E-state index contributed by atoms with van der Waals surface area (Å²) in [6, 6.07) is 0. The third-order valence-electron chi connectivity index (χ3n) is 3.03. The van der Waals surface area contributed by atoms with E-state index in [-0.39, 0.29) is 44.1 Å². The molecule has 0 rings (SSSR count). The van der Waals surface area contributed by atoms with E-state index in [2.05, 4.69) is 36.4 Å². The zero-order valence-electron chi connectivity index (χ0n) is 16.7. The normalized spacial score (nSPS) is 10.9. The van der Waals surface area contributed by atoms with Crippen LogP contribution in [0.15, 0.2) is 24.3 Å². The lowest BCUT2D eigenvalue weighted by molar-refractivity contribution is -0.139. The molecule has 0 aliphatic rings. The fourth-order valence-electron chi connectivity index (χ4n) is 1.57. The third kappa shape index (κ3) is 14.0. The molecule has 0 saturated heterocycles. The van der Waals surface area contributed by atoms with Crippen molar-refractivity contribution in [2.45, 2.75) is 26.4 Å². The average Bonchev–Trinajstić information content (AvgIpc) is 2.66. The predicted molar refractivity (Wildman–Crippen MR) is 108 cm³/mol. The molecular weight excluding hydrogens is 404 g/mol. The maximum absolute atomic E-state index is 11.8. The van der Waals surface area contributed by atoms with Gasteiger partial charge >= 0.3 is 24.1 Å². The number of ether oxygens (including phenoxy) is 4. The zero-order chi connectivity index (χ0) is 22.2. The molecule has 0 aromatic heterocycles. The number of carbonyl (C=O) groups is 4. The molecule has 2 N–H and O–H groups in total. The number of hydrogen-bond donors (Lipinski definition) is 3. The second-order valence-electron chi connectivity index (χ2n) is 5.82. The number of carbonyl (C=O) groups excluding carboxylic acids is 4. The van der Waals surface area contributed by atoms with Crippen molar-refractivity contribution < 1.29 is 38.1 Å². The monoisotopic (exact) mass is 432 g/mol. The topological polar surface area (TPSA) is 129 Å². The van der Waals surface area contributed by atoms with Gasteiger partial charge in [-0.15, -0.1) is 0 Å². The van der Waals surface area contributed by atoms with Gasteiger partial charge in [0.15, 0.2) is 0 Å². The molecule has 10 nitrogen and oxygen atoms in total. The van der Waals surface area contributed by atoms with E-state index in [1.54, 1.807) is 0 Å². The van der Waals surface area contributed by atoms with Crippen LogP contribution in [0.4, 0.5) is 9.59 Å². The summed E-state index contributed by atoms with van der Waals surface area (Å²) < 4.78 is 19.7. The summed E-state index contributed by atoms with van der Waals surface area (Å²) >= 11 is 4.07. The molecule has 0 aliphatic carbocycles. The maximum Gasteiger partial charge on any atom is 0.407 e. The Labute approximate surface area is 175 Å². The van der Waals surface area contributed by atoms with Gasteiger partial charge in [0.05, 0.1) is 13.1 Å². The molecule has 0 spiro atoms. The van der Waals surface area contributed by atoms with Crippen molar-refractivity contribution in [3.8, 4) is 0 Å². The first-order chi connectivity index (χ1) is 13.7. The van der Waals surface area contributed by atoms with E-state index in [0.29, 0.717) is 12.2 Å². The Bertz CT molecular complexity index is 609. The van der Waals surface area contributed by atoms with Crippen LogP contribution in [0.3, 0.4) is 0 Å². The van der Waals surface area contributed by atoms with Gasteiger partial charge in [0.1, 0.15) is 25.9 Å². The van der Waals surface area contributed by atoms with Crippen molar-refractivity contribution >= 4 is 36.8 Å². The molecule has 2 amide bonds. The van der Waals surface area contributed by atoms with E-state index in [9.17, 15) is 19.2 Å². The molecule has 0 aromatic rings. The van der Waals surface area contributed by atoms with Crippen LogP contribution in [-0.2, 0) is 28.5 Å². The number of thiol groups is 1. The Morgan fingerprint density at radius 1 is 0.862 bits per heavy atom. The van der Waals surface area contributed by atoms with E-state index in [0.717, 1.165) is 0 Å². The van der Waals surface area contributed by atoms with Crippen molar-refractivity contribution in [2.24, 2.45) is 0 Å². The number of rotatable bonds is 13. The molecule has 1 atom stereocenters. The zero-order valence-corrected chi connectivity index (χ0v) is 17.5. The predicted octanol–water partition coefficient (Wildman–Crippen LogP) is 1.37. The largest absolute Gasteiger partial charge is 0.460 e. The summed E-state index contributed by atoms with van der Waals surface area (Å²) in [4.78, 5) is 45.8. The first kappa shape index (κ1) is 26.3. The minimum absolute atomic E-state index is 0.0320. The lowest BCUT2D eigenvalue weighted by Gasteiger charge is -2.17. The van der Waals surface area contributed by atoms with Crippen molar-refractivity contribution in [1.82, 2.24) is 10.6 Å². The van der Waals surface area contributed by atoms with E-state index in [1.807, 2.05) is 0 Å². The molecule has 11 heteroatoms. The van der Waals surface area contributed by atoms with Crippen molar-refractivity contribution in [1.29, 1.82) is 0 Å². The summed E-state index contributed by atoms with van der Waals surface area (Å²) in [7, 11) is 0. The SMILES string of the molecule is C=C(C)C(=O)OCCNC(=O)OCC(CCS)OC(=O)NCCOC(=O)C(=C)C. The van der Waals surface area contributed by atoms with Gasteiger partial charge < -0.3 is 29.6 Å². The van der Waals surface area contributed by atoms with Gasteiger partial charge in [-0.3, -0.25) is 0 Å². The van der Waals surface area contributed by atoms with Crippen LogP contribution < -0.4 is 10.6 Å². The molecule has 29 heavy (non-hydrogen) atoms. The molecule has 0 saturated carbocycles. The lowest BCUT2D eigenvalue weighted by atomic mass is 10.3. The highest BCUT2D eigenvalue weighted by molar-refractivity contribution is 7.80. The lowest BCUT2D eigenvalue weighted by Crippen LogP contribution is -2.36. The van der Waals surface area contributed by atoms with Gasteiger partial charge in [-0.1, -0.05) is 13.2 Å². The molecule has 0 aliphatic heterocycles. The molecule has 0 heterocycles. The summed E-state index contributed by atoms with van der Waals surface area (Å²) in [5.74, 6) is -0.708. The van der Waals surface area contributed by atoms with E-state index in [4.69, 9.17) is 18.9 Å². The van der Waals surface area contributed by atoms with Crippen LogP contribution in [0, 0.1) is 0 Å². The van der Waals surface area contributed by atoms with Gasteiger partial charge in [0.2, 0.25) is 0 Å². The highest BCUT2D eigenvalue weighted by Gasteiger charge is 2.16. The Morgan fingerprint density at radius 3 is 1.79 bits per heavy atom. The van der Waals surface area contributed by atoms with Crippen LogP contribution in [0.25, 0.3) is 0 Å². The Kier molecular flexibility index (Phi) is 13.8.